The summed E-state index contributed by atoms with van der Waals surface area (Å²) in [5.41, 5.74) is 0.765. The van der Waals surface area contributed by atoms with Crippen molar-refractivity contribution < 1.29 is 9.90 Å². The van der Waals surface area contributed by atoms with E-state index in [0.29, 0.717) is 17.1 Å². The zero-order valence-electron chi connectivity index (χ0n) is 12.1. The zero-order chi connectivity index (χ0) is 15.0. The van der Waals surface area contributed by atoms with Crippen LogP contribution in [0.25, 0.3) is 0 Å². The smallest absolute Gasteiger partial charge is 0.328 e. The van der Waals surface area contributed by atoms with Crippen molar-refractivity contribution in [1.29, 1.82) is 0 Å². The van der Waals surface area contributed by atoms with Crippen LogP contribution in [0.3, 0.4) is 0 Å². The van der Waals surface area contributed by atoms with Crippen LogP contribution >= 0.6 is 35.3 Å². The number of hydrogen-bond donors (Lipinski definition) is 1. The van der Waals surface area contributed by atoms with Gasteiger partial charge in [-0.3, -0.25) is 4.90 Å². The van der Waals surface area contributed by atoms with E-state index in [1.54, 1.807) is 30.4 Å². The van der Waals surface area contributed by atoms with E-state index < -0.39 is 11.5 Å². The average molecular weight is 358 g/mol. The second-order valence-corrected chi connectivity index (χ2v) is 6.81. The summed E-state index contributed by atoms with van der Waals surface area (Å²) in [4.78, 5) is 15.4. The third-order valence-corrected chi connectivity index (χ3v) is 5.61. The van der Waals surface area contributed by atoms with Crippen molar-refractivity contribution in [3.05, 3.63) is 56.7 Å². The van der Waals surface area contributed by atoms with Gasteiger partial charge in [0, 0.05) is 28.6 Å². The normalized spacial score (nSPS) is 17.2. The number of benzene rings is 1. The van der Waals surface area contributed by atoms with Gasteiger partial charge in [-0.15, -0.1) is 23.7 Å². The molecule has 0 saturated carbocycles. The first kappa shape index (κ1) is 17.3. The molecule has 2 aromatic rings. The van der Waals surface area contributed by atoms with Gasteiger partial charge in [0.2, 0.25) is 0 Å². The molecule has 22 heavy (non-hydrogen) atoms. The van der Waals surface area contributed by atoms with Gasteiger partial charge in [0.05, 0.1) is 0 Å². The number of thiophene rings is 1. The second-order valence-electron chi connectivity index (χ2n) is 5.40. The van der Waals surface area contributed by atoms with Crippen LogP contribution in [0.15, 0.2) is 35.7 Å². The van der Waals surface area contributed by atoms with Crippen LogP contribution in [0.2, 0.25) is 5.02 Å². The maximum atomic E-state index is 12.0. The van der Waals surface area contributed by atoms with Gasteiger partial charge in [0.15, 0.2) is 0 Å². The molecule has 1 aliphatic heterocycles. The summed E-state index contributed by atoms with van der Waals surface area (Å²) >= 11 is 8.01. The summed E-state index contributed by atoms with van der Waals surface area (Å²) in [5.74, 6) is -0.866. The van der Waals surface area contributed by atoms with Crippen molar-refractivity contribution >= 4 is 41.3 Å². The maximum Gasteiger partial charge on any atom is 0.328 e. The molecule has 1 aromatic carbocycles. The largest absolute Gasteiger partial charge is 0.480 e. The van der Waals surface area contributed by atoms with Crippen molar-refractivity contribution in [2.75, 3.05) is 6.54 Å². The number of hydrogen-bond acceptors (Lipinski definition) is 3. The van der Waals surface area contributed by atoms with E-state index in [2.05, 4.69) is 11.4 Å². The van der Waals surface area contributed by atoms with Crippen LogP contribution in [0.1, 0.15) is 22.9 Å². The summed E-state index contributed by atoms with van der Waals surface area (Å²) in [5, 5.41) is 12.4. The minimum atomic E-state index is -1.11. The van der Waals surface area contributed by atoms with Gasteiger partial charge in [-0.25, -0.2) is 4.79 Å². The van der Waals surface area contributed by atoms with Gasteiger partial charge in [-0.2, -0.15) is 0 Å². The number of carbonyl (C=O) groups is 1. The molecule has 3 rings (SSSR count). The molecule has 0 aliphatic carbocycles. The minimum absolute atomic E-state index is 0. The second kappa shape index (κ2) is 6.59. The van der Waals surface area contributed by atoms with Crippen LogP contribution < -0.4 is 0 Å². The maximum absolute atomic E-state index is 12.0. The summed E-state index contributed by atoms with van der Waals surface area (Å²) in [7, 11) is 0. The van der Waals surface area contributed by atoms with Crippen LogP contribution in [0, 0.1) is 0 Å². The predicted molar refractivity (Wildman–Crippen MR) is 92.1 cm³/mol. The Kier molecular flexibility index (Phi) is 5.17. The molecule has 118 valence electrons. The zero-order valence-corrected chi connectivity index (χ0v) is 14.5. The predicted octanol–water partition coefficient (Wildman–Crippen LogP) is 4.18. The van der Waals surface area contributed by atoms with E-state index in [1.807, 2.05) is 17.0 Å². The lowest BCUT2D eigenvalue weighted by Gasteiger charge is -2.40. The van der Waals surface area contributed by atoms with Crippen molar-refractivity contribution in [3.8, 4) is 0 Å². The highest BCUT2D eigenvalue weighted by atomic mass is 35.5. The molecular weight excluding hydrogens is 341 g/mol. The average Bonchev–Trinajstić information content (AvgIpc) is 2.94. The van der Waals surface area contributed by atoms with Gasteiger partial charge in [-0.1, -0.05) is 29.8 Å². The first-order valence-electron chi connectivity index (χ1n) is 6.82. The molecule has 0 saturated heterocycles. The lowest BCUT2D eigenvalue weighted by Crippen LogP contribution is -2.51. The molecule has 1 N–H and O–H groups in total. The monoisotopic (exact) mass is 357 g/mol. The Morgan fingerprint density at radius 2 is 2.09 bits per heavy atom. The van der Waals surface area contributed by atoms with E-state index in [9.17, 15) is 9.90 Å². The molecule has 0 bridgehead atoms. The van der Waals surface area contributed by atoms with Gasteiger partial charge in [0.1, 0.15) is 5.54 Å². The molecule has 1 aliphatic rings. The highest BCUT2D eigenvalue weighted by Gasteiger charge is 2.43. The quantitative estimate of drug-likeness (QED) is 0.895. The molecule has 6 heteroatoms. The van der Waals surface area contributed by atoms with Gasteiger partial charge in [0.25, 0.3) is 0 Å². The Morgan fingerprint density at radius 1 is 1.36 bits per heavy atom. The van der Waals surface area contributed by atoms with Crippen molar-refractivity contribution in [2.45, 2.75) is 25.4 Å². The van der Waals surface area contributed by atoms with Gasteiger partial charge < -0.3 is 5.11 Å². The van der Waals surface area contributed by atoms with Gasteiger partial charge >= 0.3 is 5.97 Å². The molecule has 0 spiro atoms. The standard InChI is InChI=1S/C16H16ClNO2S.ClH/c1-16(15(19)20,12-4-2-3-5-13(12)17)18-8-6-14-11(10-18)7-9-21-14;/h2-5,7,9H,6,8,10H2,1H3,(H,19,20);1H/t16-;/m0./s1. The lowest BCUT2D eigenvalue weighted by atomic mass is 9.88. The number of halogens is 2. The summed E-state index contributed by atoms with van der Waals surface area (Å²) < 4.78 is 0. The van der Waals surface area contributed by atoms with Crippen LogP contribution in [-0.2, 0) is 23.3 Å². The lowest BCUT2D eigenvalue weighted by molar-refractivity contribution is -0.152. The van der Waals surface area contributed by atoms with E-state index in [-0.39, 0.29) is 12.4 Å². The highest BCUT2D eigenvalue weighted by molar-refractivity contribution is 7.10. The molecule has 0 fully saturated rings. The molecular formula is C16H17Cl2NO2S. The van der Waals surface area contributed by atoms with E-state index >= 15 is 0 Å². The number of aliphatic carboxylic acids is 1. The number of nitrogens with zero attached hydrogens (tertiary/aromatic N) is 1. The number of rotatable bonds is 3. The summed E-state index contributed by atoms with van der Waals surface area (Å²) in [6.45, 7) is 3.11. The van der Waals surface area contributed by atoms with Crippen LogP contribution in [-0.4, -0.2) is 22.5 Å². The molecule has 0 radical (unpaired) electrons. The third kappa shape index (κ3) is 2.76. The fraction of sp³-hybridized carbons (Fsp3) is 0.312. The molecule has 0 amide bonds. The Bertz CT molecular complexity index is 688. The molecule has 1 aromatic heterocycles. The van der Waals surface area contributed by atoms with Gasteiger partial charge in [-0.05, 0) is 36.4 Å². The Labute approximate surface area is 144 Å². The minimum Gasteiger partial charge on any atom is -0.480 e. The number of fused-ring (bicyclic) bond motifs is 1. The number of carboxylic acids is 1. The molecule has 1 atom stereocenters. The first-order valence-corrected chi connectivity index (χ1v) is 8.08. The molecule has 0 unspecified atom stereocenters. The van der Waals surface area contributed by atoms with Crippen molar-refractivity contribution in [2.24, 2.45) is 0 Å². The summed E-state index contributed by atoms with van der Waals surface area (Å²) in [6.07, 6.45) is 0.889. The highest BCUT2D eigenvalue weighted by Crippen LogP contribution is 2.37. The van der Waals surface area contributed by atoms with Crippen molar-refractivity contribution in [1.82, 2.24) is 4.90 Å². The van der Waals surface area contributed by atoms with E-state index in [4.69, 9.17) is 11.6 Å². The Balaban J connectivity index is 0.00000176. The molecule has 2 heterocycles. The Morgan fingerprint density at radius 3 is 2.77 bits per heavy atom. The molecule has 3 nitrogen and oxygen atoms in total. The van der Waals surface area contributed by atoms with Crippen molar-refractivity contribution in [3.63, 3.8) is 0 Å². The fourth-order valence-electron chi connectivity index (χ4n) is 2.91. The third-order valence-electron chi connectivity index (χ3n) is 4.25. The van der Waals surface area contributed by atoms with Crippen LogP contribution in [0.5, 0.6) is 0 Å². The van der Waals surface area contributed by atoms with Crippen LogP contribution in [0.4, 0.5) is 0 Å². The summed E-state index contributed by atoms with van der Waals surface area (Å²) in [6, 6.07) is 9.29. The first-order chi connectivity index (χ1) is 10.0. The Hall–Kier alpha value is -1.07. The fourth-order valence-corrected chi connectivity index (χ4v) is 4.12. The SMILES string of the molecule is C[C@@](C(=O)O)(c1ccccc1Cl)N1CCc2sccc2C1.Cl. The van der Waals surface area contributed by atoms with E-state index in [0.717, 1.165) is 13.0 Å². The number of carboxylic acid groups (broad SMARTS) is 1. The topological polar surface area (TPSA) is 40.5 Å². The van der Waals surface area contributed by atoms with E-state index in [1.165, 1.54) is 10.4 Å².